The zero-order chi connectivity index (χ0) is 25.1. The molecule has 0 atom stereocenters. The van der Waals surface area contributed by atoms with Crippen molar-refractivity contribution in [2.45, 2.75) is 6.92 Å². The van der Waals surface area contributed by atoms with Crippen molar-refractivity contribution in [1.29, 1.82) is 0 Å². The van der Waals surface area contributed by atoms with Gasteiger partial charge in [0.05, 0.1) is 28.1 Å². The van der Waals surface area contributed by atoms with Crippen molar-refractivity contribution in [3.8, 4) is 16.9 Å². The first kappa shape index (κ1) is 22.7. The standard InChI is InChI=1S/C28H21N5O3/c1-19-9-2-6-15-25(19)32-27(23-14-8-12-20-10-3-5-13-22(20)23)17-24(31-32)28(34)30-29-18-21-11-4-7-16-26(21)33(35)36/h2-18H,1H3,(H,30,34)/b29-18-. The number of rotatable bonds is 6. The third-order valence-electron chi connectivity index (χ3n) is 5.85. The summed E-state index contributed by atoms with van der Waals surface area (Å²) in [6, 6.07) is 29.8. The molecule has 0 fully saturated rings. The first-order chi connectivity index (χ1) is 17.5. The van der Waals surface area contributed by atoms with Gasteiger partial charge in [-0.3, -0.25) is 14.9 Å². The topological polar surface area (TPSA) is 102 Å². The highest BCUT2D eigenvalue weighted by molar-refractivity contribution is 5.99. The van der Waals surface area contributed by atoms with Crippen LogP contribution in [0.15, 0.2) is 102 Å². The second-order valence-electron chi connectivity index (χ2n) is 8.15. The van der Waals surface area contributed by atoms with Gasteiger partial charge in [-0.05, 0) is 41.5 Å². The van der Waals surface area contributed by atoms with E-state index < -0.39 is 10.8 Å². The molecule has 8 heteroatoms. The summed E-state index contributed by atoms with van der Waals surface area (Å²) in [6.45, 7) is 1.99. The lowest BCUT2D eigenvalue weighted by atomic mass is 10.0. The van der Waals surface area contributed by atoms with Gasteiger partial charge in [-0.15, -0.1) is 0 Å². The smallest absolute Gasteiger partial charge is 0.265 e. The summed E-state index contributed by atoms with van der Waals surface area (Å²) >= 11 is 0. The Kier molecular flexibility index (Phi) is 6.07. The summed E-state index contributed by atoms with van der Waals surface area (Å²) in [4.78, 5) is 23.7. The number of amides is 1. The molecule has 5 rings (SSSR count). The van der Waals surface area contributed by atoms with E-state index in [1.165, 1.54) is 12.3 Å². The molecule has 176 valence electrons. The first-order valence-corrected chi connectivity index (χ1v) is 11.2. The summed E-state index contributed by atoms with van der Waals surface area (Å²) in [5.74, 6) is -0.529. The predicted octanol–water partition coefficient (Wildman–Crippen LogP) is 5.67. The number of para-hydroxylation sites is 2. The van der Waals surface area contributed by atoms with Crippen LogP contribution in [0.3, 0.4) is 0 Å². The van der Waals surface area contributed by atoms with Crippen molar-refractivity contribution < 1.29 is 9.72 Å². The molecule has 0 spiro atoms. The van der Waals surface area contributed by atoms with E-state index in [1.807, 2.05) is 73.7 Å². The Hall–Kier alpha value is -5.11. The van der Waals surface area contributed by atoms with Crippen molar-refractivity contribution in [2.75, 3.05) is 0 Å². The molecule has 0 bridgehead atoms. The van der Waals surface area contributed by atoms with Gasteiger partial charge in [-0.1, -0.05) is 72.8 Å². The van der Waals surface area contributed by atoms with Crippen molar-refractivity contribution in [1.82, 2.24) is 15.2 Å². The highest BCUT2D eigenvalue weighted by atomic mass is 16.6. The van der Waals surface area contributed by atoms with E-state index in [1.54, 1.807) is 28.9 Å². The number of nitrogens with one attached hydrogen (secondary N) is 1. The van der Waals surface area contributed by atoms with E-state index in [0.29, 0.717) is 0 Å². The van der Waals surface area contributed by atoms with E-state index in [0.717, 1.165) is 33.3 Å². The molecule has 8 nitrogen and oxygen atoms in total. The first-order valence-electron chi connectivity index (χ1n) is 11.2. The van der Waals surface area contributed by atoms with Crippen LogP contribution in [-0.2, 0) is 0 Å². The lowest BCUT2D eigenvalue weighted by Crippen LogP contribution is -2.18. The summed E-state index contributed by atoms with van der Waals surface area (Å²) in [5.41, 5.74) is 6.34. The van der Waals surface area contributed by atoms with E-state index in [4.69, 9.17) is 0 Å². The van der Waals surface area contributed by atoms with E-state index in [-0.39, 0.29) is 16.9 Å². The highest BCUT2D eigenvalue weighted by Crippen LogP contribution is 2.31. The van der Waals surface area contributed by atoms with Crippen LogP contribution in [0.4, 0.5) is 5.69 Å². The van der Waals surface area contributed by atoms with Crippen LogP contribution in [-0.4, -0.2) is 26.8 Å². The highest BCUT2D eigenvalue weighted by Gasteiger charge is 2.19. The number of nitro benzene ring substituents is 1. The number of nitrogens with zero attached hydrogens (tertiary/aromatic N) is 4. The van der Waals surface area contributed by atoms with Gasteiger partial charge in [0.25, 0.3) is 11.6 Å². The summed E-state index contributed by atoms with van der Waals surface area (Å²) in [7, 11) is 0. The molecule has 0 saturated carbocycles. The zero-order valence-corrected chi connectivity index (χ0v) is 19.3. The van der Waals surface area contributed by atoms with E-state index in [9.17, 15) is 14.9 Å². The van der Waals surface area contributed by atoms with Crippen molar-refractivity contribution in [2.24, 2.45) is 5.10 Å². The van der Waals surface area contributed by atoms with Gasteiger partial charge in [-0.2, -0.15) is 10.2 Å². The van der Waals surface area contributed by atoms with E-state index in [2.05, 4.69) is 15.6 Å². The second-order valence-corrected chi connectivity index (χ2v) is 8.15. The molecule has 0 unspecified atom stereocenters. The number of carbonyl (C=O) groups is 1. The minimum Gasteiger partial charge on any atom is -0.265 e. The molecular weight excluding hydrogens is 454 g/mol. The predicted molar refractivity (Wildman–Crippen MR) is 139 cm³/mol. The number of carbonyl (C=O) groups excluding carboxylic acids is 1. The zero-order valence-electron chi connectivity index (χ0n) is 19.3. The van der Waals surface area contributed by atoms with Crippen LogP contribution in [0.5, 0.6) is 0 Å². The molecule has 0 aliphatic rings. The number of aromatic nitrogens is 2. The molecule has 1 heterocycles. The SMILES string of the molecule is Cc1ccccc1-n1nc(C(=O)N/N=C\c2ccccc2[N+](=O)[O-])cc1-c1cccc2ccccc12. The Morgan fingerprint density at radius 2 is 1.69 bits per heavy atom. The Balaban J connectivity index is 1.54. The molecule has 1 aromatic heterocycles. The van der Waals surface area contributed by atoms with E-state index >= 15 is 0 Å². The third kappa shape index (κ3) is 4.35. The maximum absolute atomic E-state index is 13.0. The minimum atomic E-state index is -0.529. The number of hydrogen-bond acceptors (Lipinski definition) is 5. The summed E-state index contributed by atoms with van der Waals surface area (Å²) in [6.07, 6.45) is 1.25. The molecular formula is C28H21N5O3. The largest absolute Gasteiger partial charge is 0.291 e. The van der Waals surface area contributed by atoms with Gasteiger partial charge < -0.3 is 0 Å². The molecule has 36 heavy (non-hydrogen) atoms. The number of benzene rings is 4. The fourth-order valence-electron chi connectivity index (χ4n) is 4.10. The maximum atomic E-state index is 13.0. The number of hydrazone groups is 1. The molecule has 0 aliphatic heterocycles. The van der Waals surface area contributed by atoms with Gasteiger partial charge >= 0.3 is 0 Å². The van der Waals surface area contributed by atoms with Crippen molar-refractivity contribution in [3.05, 3.63) is 124 Å². The molecule has 0 radical (unpaired) electrons. The Bertz CT molecular complexity index is 1630. The quantitative estimate of drug-likeness (QED) is 0.194. The van der Waals surface area contributed by atoms with Crippen molar-refractivity contribution >= 4 is 28.6 Å². The summed E-state index contributed by atoms with van der Waals surface area (Å²) < 4.78 is 1.76. The van der Waals surface area contributed by atoms with Gasteiger partial charge in [0.2, 0.25) is 0 Å². The maximum Gasteiger partial charge on any atom is 0.291 e. The van der Waals surface area contributed by atoms with Crippen LogP contribution in [0.1, 0.15) is 21.6 Å². The molecule has 1 amide bonds. The second kappa shape index (κ2) is 9.63. The fourth-order valence-corrected chi connectivity index (χ4v) is 4.10. The monoisotopic (exact) mass is 475 g/mol. The normalized spacial score (nSPS) is 11.1. The number of nitro groups is 1. The van der Waals surface area contributed by atoms with Gasteiger partial charge in [-0.25, -0.2) is 10.1 Å². The Labute approximate surface area is 206 Å². The lowest BCUT2D eigenvalue weighted by molar-refractivity contribution is -0.385. The van der Waals surface area contributed by atoms with Crippen LogP contribution < -0.4 is 5.43 Å². The summed E-state index contributed by atoms with van der Waals surface area (Å²) in [5, 5.41) is 21.9. The van der Waals surface area contributed by atoms with Gasteiger partial charge in [0.1, 0.15) is 0 Å². The van der Waals surface area contributed by atoms with Gasteiger partial charge in [0.15, 0.2) is 5.69 Å². The minimum absolute atomic E-state index is 0.0995. The molecule has 1 N–H and O–H groups in total. The van der Waals surface area contributed by atoms with Crippen LogP contribution in [0.25, 0.3) is 27.7 Å². The Morgan fingerprint density at radius 3 is 2.53 bits per heavy atom. The average Bonchev–Trinajstić information content (AvgIpc) is 3.34. The molecule has 0 saturated heterocycles. The van der Waals surface area contributed by atoms with Gasteiger partial charge in [0, 0.05) is 11.6 Å². The van der Waals surface area contributed by atoms with Crippen LogP contribution >= 0.6 is 0 Å². The van der Waals surface area contributed by atoms with Crippen LogP contribution in [0.2, 0.25) is 0 Å². The fraction of sp³-hybridized carbons (Fsp3) is 0.0357. The molecule has 5 aromatic rings. The number of aryl methyl sites for hydroxylation is 1. The van der Waals surface area contributed by atoms with Crippen LogP contribution in [0, 0.1) is 17.0 Å². The number of hydrogen-bond donors (Lipinski definition) is 1. The molecule has 0 aliphatic carbocycles. The average molecular weight is 476 g/mol. The number of fused-ring (bicyclic) bond motifs is 1. The lowest BCUT2D eigenvalue weighted by Gasteiger charge is -2.12. The molecule has 4 aromatic carbocycles. The van der Waals surface area contributed by atoms with Crippen molar-refractivity contribution in [3.63, 3.8) is 0 Å². The third-order valence-corrected chi connectivity index (χ3v) is 5.85. The Morgan fingerprint density at radius 1 is 0.972 bits per heavy atom.